The molecule has 0 spiro atoms. The molecule has 0 aliphatic rings. The van der Waals surface area contributed by atoms with Crippen LogP contribution in [-0.2, 0) is 6.54 Å². The third-order valence-corrected chi connectivity index (χ3v) is 4.09. The Balaban J connectivity index is 1.91. The second kappa shape index (κ2) is 7.58. The average Bonchev–Trinajstić information content (AvgIpc) is 2.62. The summed E-state index contributed by atoms with van der Waals surface area (Å²) >= 11 is 6.12. The number of hydrogen-bond acceptors (Lipinski definition) is 5. The number of aryl methyl sites for hydroxylation is 2. The van der Waals surface area contributed by atoms with Crippen molar-refractivity contribution in [1.82, 2.24) is 14.5 Å². The Bertz CT molecular complexity index is 984. The molecule has 3 rings (SSSR count). The molecule has 0 bridgehead atoms. The van der Waals surface area contributed by atoms with Gasteiger partial charge in [-0.15, -0.1) is 0 Å². The summed E-state index contributed by atoms with van der Waals surface area (Å²) in [7, 11) is 1.61. The monoisotopic (exact) mass is 370 g/mol. The van der Waals surface area contributed by atoms with Gasteiger partial charge in [-0.1, -0.05) is 29.8 Å². The van der Waals surface area contributed by atoms with E-state index in [1.165, 1.54) is 10.8 Å². The minimum atomic E-state index is -0.271. The van der Waals surface area contributed by atoms with E-state index in [9.17, 15) is 4.79 Å². The molecule has 0 saturated heterocycles. The highest BCUT2D eigenvalue weighted by atomic mass is 35.5. The van der Waals surface area contributed by atoms with Gasteiger partial charge in [0.25, 0.3) is 5.56 Å². The van der Waals surface area contributed by atoms with Gasteiger partial charge in [0, 0.05) is 12.4 Å². The van der Waals surface area contributed by atoms with Gasteiger partial charge in [0.15, 0.2) is 5.82 Å². The maximum atomic E-state index is 12.8. The van der Waals surface area contributed by atoms with Crippen molar-refractivity contribution in [2.45, 2.75) is 20.4 Å². The average molecular weight is 371 g/mol. The zero-order valence-corrected chi connectivity index (χ0v) is 15.5. The summed E-state index contributed by atoms with van der Waals surface area (Å²) in [5.74, 6) is 1.49. The minimum Gasteiger partial charge on any atom is -0.497 e. The smallest absolute Gasteiger partial charge is 0.294 e. The Hall–Kier alpha value is -2.86. The quantitative estimate of drug-likeness (QED) is 0.741. The van der Waals surface area contributed by atoms with Gasteiger partial charge in [0.1, 0.15) is 16.7 Å². The van der Waals surface area contributed by atoms with Gasteiger partial charge in [-0.3, -0.25) is 4.79 Å². The Morgan fingerprint density at radius 3 is 2.58 bits per heavy atom. The number of ether oxygens (including phenoxy) is 1. The zero-order valence-electron chi connectivity index (χ0n) is 14.8. The van der Waals surface area contributed by atoms with Crippen LogP contribution in [0.3, 0.4) is 0 Å². The lowest BCUT2D eigenvalue weighted by Crippen LogP contribution is -2.24. The van der Waals surface area contributed by atoms with Gasteiger partial charge in [-0.25, -0.2) is 9.97 Å². The highest BCUT2D eigenvalue weighted by Crippen LogP contribution is 2.17. The van der Waals surface area contributed by atoms with E-state index in [2.05, 4.69) is 15.3 Å². The Morgan fingerprint density at radius 1 is 1.19 bits per heavy atom. The van der Waals surface area contributed by atoms with Crippen LogP contribution in [-0.4, -0.2) is 21.6 Å². The summed E-state index contributed by atoms with van der Waals surface area (Å²) in [6.45, 7) is 4.26. The van der Waals surface area contributed by atoms with E-state index >= 15 is 0 Å². The van der Waals surface area contributed by atoms with Crippen molar-refractivity contribution in [3.63, 3.8) is 0 Å². The van der Waals surface area contributed by atoms with Crippen LogP contribution in [0.25, 0.3) is 0 Å². The number of halogens is 1. The number of hydrogen-bond donors (Lipinski definition) is 1. The van der Waals surface area contributed by atoms with E-state index in [4.69, 9.17) is 16.3 Å². The molecule has 6 nitrogen and oxygen atoms in total. The van der Waals surface area contributed by atoms with Crippen LogP contribution in [0, 0.1) is 13.8 Å². The highest BCUT2D eigenvalue weighted by Gasteiger charge is 2.11. The van der Waals surface area contributed by atoms with E-state index in [1.807, 2.05) is 44.2 Å². The first-order chi connectivity index (χ1) is 12.5. The molecule has 7 heteroatoms. The first kappa shape index (κ1) is 17.9. The third kappa shape index (κ3) is 4.03. The number of aromatic nitrogens is 3. The van der Waals surface area contributed by atoms with Crippen LogP contribution < -0.4 is 15.6 Å². The number of benzene rings is 1. The summed E-state index contributed by atoms with van der Waals surface area (Å²) in [5, 5.41) is 3.22. The predicted molar refractivity (Wildman–Crippen MR) is 103 cm³/mol. The number of anilines is 2. The molecular formula is C19H19ClN4O2. The van der Waals surface area contributed by atoms with Crippen LogP contribution in [0.5, 0.6) is 5.75 Å². The molecule has 2 aromatic heterocycles. The predicted octanol–water partition coefficient (Wildman–Crippen LogP) is 3.71. The van der Waals surface area contributed by atoms with E-state index in [0.29, 0.717) is 12.4 Å². The summed E-state index contributed by atoms with van der Waals surface area (Å²) in [4.78, 5) is 21.2. The van der Waals surface area contributed by atoms with Crippen LogP contribution in [0.4, 0.5) is 11.6 Å². The molecule has 0 unspecified atom stereocenters. The van der Waals surface area contributed by atoms with Gasteiger partial charge in [0.05, 0.1) is 13.7 Å². The van der Waals surface area contributed by atoms with E-state index in [-0.39, 0.29) is 16.5 Å². The standard InChI is InChI=1S/C19H19ClN4O2/c1-12-8-13(2)17(21-9-12)23-18-19(25)24(11-16(20)22-18)10-14-4-6-15(26-3)7-5-14/h4-9,11H,10H2,1-3H3,(H,21,22,23). The molecule has 2 heterocycles. The number of pyridine rings is 1. The summed E-state index contributed by atoms with van der Waals surface area (Å²) in [6, 6.07) is 9.48. The van der Waals surface area contributed by atoms with Crippen molar-refractivity contribution in [1.29, 1.82) is 0 Å². The van der Waals surface area contributed by atoms with E-state index < -0.39 is 0 Å². The second-order valence-electron chi connectivity index (χ2n) is 6.00. The molecule has 26 heavy (non-hydrogen) atoms. The Morgan fingerprint density at radius 2 is 1.92 bits per heavy atom. The van der Waals surface area contributed by atoms with E-state index in [1.54, 1.807) is 13.3 Å². The normalized spacial score (nSPS) is 10.6. The fourth-order valence-corrected chi connectivity index (χ4v) is 2.79. The SMILES string of the molecule is COc1ccc(Cn2cc(Cl)nc(Nc3ncc(C)cc3C)c2=O)cc1. The fraction of sp³-hybridized carbons (Fsp3) is 0.211. The molecule has 1 aromatic carbocycles. The maximum absolute atomic E-state index is 12.8. The number of methoxy groups -OCH3 is 1. The second-order valence-corrected chi connectivity index (χ2v) is 6.38. The zero-order chi connectivity index (χ0) is 18.7. The van der Waals surface area contributed by atoms with Crippen molar-refractivity contribution in [2.24, 2.45) is 0 Å². The van der Waals surface area contributed by atoms with Gasteiger partial charge in [-0.05, 0) is 42.7 Å². The van der Waals surface area contributed by atoms with Gasteiger partial charge in [0.2, 0.25) is 0 Å². The first-order valence-electron chi connectivity index (χ1n) is 8.06. The largest absolute Gasteiger partial charge is 0.497 e. The lowest BCUT2D eigenvalue weighted by Gasteiger charge is -2.12. The van der Waals surface area contributed by atoms with Crippen molar-refractivity contribution in [2.75, 3.05) is 12.4 Å². The fourth-order valence-electron chi connectivity index (χ4n) is 2.59. The Labute approximate surface area is 156 Å². The van der Waals surface area contributed by atoms with Crippen LogP contribution in [0.2, 0.25) is 5.15 Å². The molecule has 0 atom stereocenters. The van der Waals surface area contributed by atoms with Crippen molar-refractivity contribution in [3.05, 3.63) is 74.9 Å². The molecule has 0 radical (unpaired) electrons. The molecule has 0 amide bonds. The number of nitrogens with one attached hydrogen (secondary N) is 1. The van der Waals surface area contributed by atoms with Crippen LogP contribution >= 0.6 is 11.6 Å². The minimum absolute atomic E-state index is 0.144. The van der Waals surface area contributed by atoms with Gasteiger partial charge >= 0.3 is 0 Å². The molecule has 1 N–H and O–H groups in total. The molecule has 0 aliphatic heterocycles. The van der Waals surface area contributed by atoms with E-state index in [0.717, 1.165) is 22.4 Å². The lowest BCUT2D eigenvalue weighted by molar-refractivity contribution is 0.414. The first-order valence-corrected chi connectivity index (χ1v) is 8.44. The highest BCUT2D eigenvalue weighted by molar-refractivity contribution is 6.29. The summed E-state index contributed by atoms with van der Waals surface area (Å²) in [5.41, 5.74) is 2.65. The number of nitrogens with zero attached hydrogens (tertiary/aromatic N) is 3. The van der Waals surface area contributed by atoms with Crippen molar-refractivity contribution >= 4 is 23.2 Å². The van der Waals surface area contributed by atoms with Crippen LogP contribution in [0.15, 0.2) is 47.5 Å². The molecule has 3 aromatic rings. The summed E-state index contributed by atoms with van der Waals surface area (Å²) < 4.78 is 6.67. The summed E-state index contributed by atoms with van der Waals surface area (Å²) in [6.07, 6.45) is 3.25. The molecular weight excluding hydrogens is 352 g/mol. The molecule has 0 saturated carbocycles. The maximum Gasteiger partial charge on any atom is 0.294 e. The van der Waals surface area contributed by atoms with Gasteiger partial charge < -0.3 is 14.6 Å². The Kier molecular flexibility index (Phi) is 5.23. The molecule has 0 fully saturated rings. The van der Waals surface area contributed by atoms with Gasteiger partial charge in [-0.2, -0.15) is 0 Å². The van der Waals surface area contributed by atoms with Crippen LogP contribution in [0.1, 0.15) is 16.7 Å². The van der Waals surface area contributed by atoms with Crippen molar-refractivity contribution in [3.8, 4) is 5.75 Å². The molecule has 134 valence electrons. The topological polar surface area (TPSA) is 69.0 Å². The molecule has 0 aliphatic carbocycles. The number of rotatable bonds is 5. The third-order valence-electron chi connectivity index (χ3n) is 3.91. The lowest BCUT2D eigenvalue weighted by atomic mass is 10.2. The van der Waals surface area contributed by atoms with Crippen molar-refractivity contribution < 1.29 is 4.74 Å².